The van der Waals surface area contributed by atoms with Gasteiger partial charge in [-0.3, -0.25) is 4.79 Å². The van der Waals surface area contributed by atoms with Gasteiger partial charge in [0.05, 0.1) is 5.92 Å². The van der Waals surface area contributed by atoms with E-state index in [0.29, 0.717) is 11.1 Å². The first-order valence-corrected chi connectivity index (χ1v) is 4.67. The Morgan fingerprint density at radius 3 is 2.53 bits per heavy atom. The zero-order chi connectivity index (χ0) is 11.6. The van der Waals surface area contributed by atoms with Gasteiger partial charge in [0.1, 0.15) is 5.82 Å². The van der Waals surface area contributed by atoms with Crippen molar-refractivity contribution < 1.29 is 14.3 Å². The van der Waals surface area contributed by atoms with E-state index in [2.05, 4.69) is 0 Å². The molecule has 0 aromatic heterocycles. The second kappa shape index (κ2) is 4.40. The van der Waals surface area contributed by atoms with Crippen molar-refractivity contribution in [1.29, 1.82) is 0 Å². The van der Waals surface area contributed by atoms with Crippen LogP contribution in [-0.4, -0.2) is 17.6 Å². The molecule has 0 aliphatic rings. The van der Waals surface area contributed by atoms with Gasteiger partial charge in [-0.05, 0) is 36.6 Å². The molecule has 3 nitrogen and oxygen atoms in total. The molecule has 0 radical (unpaired) electrons. The molecule has 0 heterocycles. The van der Waals surface area contributed by atoms with Crippen molar-refractivity contribution in [2.75, 3.05) is 6.54 Å². The molecule has 0 amide bonds. The fraction of sp³-hybridized carbons (Fsp3) is 0.364. The van der Waals surface area contributed by atoms with Gasteiger partial charge in [-0.25, -0.2) is 4.39 Å². The van der Waals surface area contributed by atoms with Gasteiger partial charge in [-0.15, -0.1) is 0 Å². The molecule has 1 aromatic carbocycles. The van der Waals surface area contributed by atoms with Gasteiger partial charge in [0.25, 0.3) is 0 Å². The van der Waals surface area contributed by atoms with Crippen LogP contribution in [0.25, 0.3) is 0 Å². The minimum Gasteiger partial charge on any atom is -0.481 e. The largest absolute Gasteiger partial charge is 0.481 e. The third-order valence-corrected chi connectivity index (χ3v) is 2.56. The topological polar surface area (TPSA) is 63.3 Å². The SMILES string of the molecule is Cc1cc(C(CN)C(=O)O)cc(F)c1C. The zero-order valence-electron chi connectivity index (χ0n) is 8.75. The van der Waals surface area contributed by atoms with Crippen molar-refractivity contribution >= 4 is 5.97 Å². The molecule has 0 spiro atoms. The van der Waals surface area contributed by atoms with Crippen molar-refractivity contribution in [1.82, 2.24) is 0 Å². The monoisotopic (exact) mass is 211 g/mol. The van der Waals surface area contributed by atoms with Crippen LogP contribution in [-0.2, 0) is 4.79 Å². The number of carbonyl (C=O) groups is 1. The van der Waals surface area contributed by atoms with E-state index in [1.165, 1.54) is 6.07 Å². The van der Waals surface area contributed by atoms with E-state index in [1.807, 2.05) is 0 Å². The predicted octanol–water partition coefficient (Wildman–Crippen LogP) is 1.57. The second-order valence-corrected chi connectivity index (χ2v) is 3.57. The van der Waals surface area contributed by atoms with E-state index >= 15 is 0 Å². The molecule has 0 aliphatic carbocycles. The number of hydrogen-bond donors (Lipinski definition) is 2. The van der Waals surface area contributed by atoms with Crippen LogP contribution >= 0.6 is 0 Å². The number of nitrogens with two attached hydrogens (primary N) is 1. The van der Waals surface area contributed by atoms with Gasteiger partial charge in [0.15, 0.2) is 0 Å². The van der Waals surface area contributed by atoms with Crippen molar-refractivity contribution in [3.63, 3.8) is 0 Å². The Morgan fingerprint density at radius 2 is 2.13 bits per heavy atom. The third-order valence-electron chi connectivity index (χ3n) is 2.56. The number of benzene rings is 1. The van der Waals surface area contributed by atoms with E-state index < -0.39 is 11.9 Å². The highest BCUT2D eigenvalue weighted by molar-refractivity contribution is 5.76. The number of halogens is 1. The Balaban J connectivity index is 3.20. The minimum atomic E-state index is -1.03. The van der Waals surface area contributed by atoms with Crippen LogP contribution in [0, 0.1) is 19.7 Å². The van der Waals surface area contributed by atoms with Crippen molar-refractivity contribution in [2.24, 2.45) is 5.73 Å². The number of carboxylic acid groups (broad SMARTS) is 1. The van der Waals surface area contributed by atoms with Crippen LogP contribution in [0.1, 0.15) is 22.6 Å². The van der Waals surface area contributed by atoms with E-state index in [0.717, 1.165) is 5.56 Å². The number of aliphatic carboxylic acids is 1. The molecule has 1 atom stereocenters. The summed E-state index contributed by atoms with van der Waals surface area (Å²) in [6, 6.07) is 2.91. The van der Waals surface area contributed by atoms with Crippen LogP contribution in [0.15, 0.2) is 12.1 Å². The molecule has 15 heavy (non-hydrogen) atoms. The molecule has 1 aromatic rings. The molecular weight excluding hydrogens is 197 g/mol. The Morgan fingerprint density at radius 1 is 1.53 bits per heavy atom. The highest BCUT2D eigenvalue weighted by atomic mass is 19.1. The van der Waals surface area contributed by atoms with Gasteiger partial charge in [0, 0.05) is 6.54 Å². The first-order chi connectivity index (χ1) is 6.97. The van der Waals surface area contributed by atoms with E-state index in [4.69, 9.17) is 10.8 Å². The van der Waals surface area contributed by atoms with E-state index in [-0.39, 0.29) is 12.4 Å². The second-order valence-electron chi connectivity index (χ2n) is 3.57. The number of carboxylic acids is 1. The van der Waals surface area contributed by atoms with Crippen LogP contribution in [0.4, 0.5) is 4.39 Å². The smallest absolute Gasteiger partial charge is 0.312 e. The first-order valence-electron chi connectivity index (χ1n) is 4.67. The summed E-state index contributed by atoms with van der Waals surface area (Å²) >= 11 is 0. The molecule has 1 unspecified atom stereocenters. The van der Waals surface area contributed by atoms with Crippen LogP contribution in [0.3, 0.4) is 0 Å². The normalized spacial score (nSPS) is 12.5. The van der Waals surface area contributed by atoms with Gasteiger partial charge < -0.3 is 10.8 Å². The Hall–Kier alpha value is -1.42. The Bertz CT molecular complexity index is 367. The molecule has 0 saturated heterocycles. The Labute approximate surface area is 87.7 Å². The Kier molecular flexibility index (Phi) is 3.42. The highest BCUT2D eigenvalue weighted by Gasteiger charge is 2.19. The highest BCUT2D eigenvalue weighted by Crippen LogP contribution is 2.21. The van der Waals surface area contributed by atoms with Crippen LogP contribution < -0.4 is 5.73 Å². The lowest BCUT2D eigenvalue weighted by Gasteiger charge is -2.12. The fourth-order valence-corrected chi connectivity index (χ4v) is 1.42. The average Bonchev–Trinajstić information content (AvgIpc) is 2.14. The number of hydrogen-bond acceptors (Lipinski definition) is 2. The van der Waals surface area contributed by atoms with Gasteiger partial charge in [0.2, 0.25) is 0 Å². The summed E-state index contributed by atoms with van der Waals surface area (Å²) in [6.07, 6.45) is 0. The molecule has 0 saturated carbocycles. The molecule has 82 valence electrons. The maximum atomic E-state index is 13.4. The molecule has 0 aliphatic heterocycles. The van der Waals surface area contributed by atoms with E-state index in [1.54, 1.807) is 19.9 Å². The van der Waals surface area contributed by atoms with E-state index in [9.17, 15) is 9.18 Å². The average molecular weight is 211 g/mol. The van der Waals surface area contributed by atoms with Gasteiger partial charge in [-0.1, -0.05) is 6.07 Å². The maximum Gasteiger partial charge on any atom is 0.312 e. The summed E-state index contributed by atoms with van der Waals surface area (Å²) in [6.45, 7) is 3.38. The lowest BCUT2D eigenvalue weighted by molar-refractivity contribution is -0.138. The van der Waals surface area contributed by atoms with Crippen molar-refractivity contribution in [3.05, 3.63) is 34.6 Å². The van der Waals surface area contributed by atoms with Gasteiger partial charge >= 0.3 is 5.97 Å². The lowest BCUT2D eigenvalue weighted by atomic mass is 9.95. The summed E-state index contributed by atoms with van der Waals surface area (Å²) in [5.41, 5.74) is 7.04. The third kappa shape index (κ3) is 2.33. The van der Waals surface area contributed by atoms with Crippen LogP contribution in [0.5, 0.6) is 0 Å². The fourth-order valence-electron chi connectivity index (χ4n) is 1.42. The van der Waals surface area contributed by atoms with Gasteiger partial charge in [-0.2, -0.15) is 0 Å². The summed E-state index contributed by atoms with van der Waals surface area (Å²) in [4.78, 5) is 10.8. The quantitative estimate of drug-likeness (QED) is 0.797. The summed E-state index contributed by atoms with van der Waals surface area (Å²) < 4.78 is 13.4. The summed E-state index contributed by atoms with van der Waals surface area (Å²) in [5.74, 6) is -2.25. The molecule has 0 bridgehead atoms. The van der Waals surface area contributed by atoms with Crippen LogP contribution in [0.2, 0.25) is 0 Å². The lowest BCUT2D eigenvalue weighted by Crippen LogP contribution is -2.21. The summed E-state index contributed by atoms with van der Waals surface area (Å²) in [7, 11) is 0. The minimum absolute atomic E-state index is 0.0305. The molecule has 4 heteroatoms. The zero-order valence-corrected chi connectivity index (χ0v) is 8.75. The van der Waals surface area contributed by atoms with Crippen molar-refractivity contribution in [2.45, 2.75) is 19.8 Å². The molecule has 0 fully saturated rings. The first kappa shape index (κ1) is 11.7. The molecule has 1 rings (SSSR count). The molecule has 3 N–H and O–H groups in total. The molecular formula is C11H14FNO2. The standard InChI is InChI=1S/C11H14FNO2/c1-6-3-8(4-10(12)7(6)2)9(5-13)11(14)15/h3-4,9H,5,13H2,1-2H3,(H,14,15). The van der Waals surface area contributed by atoms with Crippen molar-refractivity contribution in [3.8, 4) is 0 Å². The number of aryl methyl sites for hydroxylation is 1. The summed E-state index contributed by atoms with van der Waals surface area (Å²) in [5, 5.41) is 8.88. The maximum absolute atomic E-state index is 13.4. The number of rotatable bonds is 3. The predicted molar refractivity (Wildman–Crippen MR) is 55.3 cm³/mol.